The van der Waals surface area contributed by atoms with E-state index in [0.717, 1.165) is 52.3 Å². The molecule has 1 aliphatic heterocycles. The number of oxime groups is 1. The number of fused-ring (bicyclic) bond motifs is 3. The van der Waals surface area contributed by atoms with Gasteiger partial charge < -0.3 is 43.5 Å². The molecule has 70 heavy (non-hydrogen) atoms. The molecule has 5 aromatic carbocycles. The molecule has 0 spiro atoms. The number of benzene rings is 5. The van der Waals surface area contributed by atoms with Crippen LogP contribution in [-0.4, -0.2) is 86.0 Å². The van der Waals surface area contributed by atoms with Crippen LogP contribution in [0.5, 0.6) is 23.0 Å². The van der Waals surface area contributed by atoms with Crippen molar-refractivity contribution < 1.29 is 53.1 Å². The van der Waals surface area contributed by atoms with E-state index in [0.29, 0.717) is 47.9 Å². The number of methoxy groups -OCH3 is 3. The first kappa shape index (κ1) is 49.5. The highest BCUT2D eigenvalue weighted by Crippen LogP contribution is 2.62. The molecule has 1 fully saturated rings. The van der Waals surface area contributed by atoms with E-state index in [2.05, 4.69) is 18.0 Å². The molecule has 1 heterocycles. The van der Waals surface area contributed by atoms with Gasteiger partial charge in [-0.05, 0) is 95.3 Å². The third-order valence-electron chi connectivity index (χ3n) is 13.8. The Kier molecular flexibility index (Phi) is 16.4. The molecule has 0 saturated heterocycles. The summed E-state index contributed by atoms with van der Waals surface area (Å²) in [6, 6.07) is 33.4. The van der Waals surface area contributed by atoms with Crippen LogP contribution in [0.15, 0.2) is 139 Å². The number of carbonyl (C=O) groups excluding carboxylic acids is 2. The number of carbonyl (C=O) groups is 2. The van der Waals surface area contributed by atoms with Gasteiger partial charge in [-0.25, -0.2) is 9.59 Å². The van der Waals surface area contributed by atoms with Crippen LogP contribution < -0.4 is 24.3 Å². The maximum atomic E-state index is 14.6. The highest BCUT2D eigenvalue weighted by atomic mass is 16.7. The largest absolute Gasteiger partial charge is 0.497 e. The molecule has 6 atom stereocenters. The monoisotopic (exact) mass is 953 g/mol. The van der Waals surface area contributed by atoms with E-state index in [4.69, 9.17) is 38.4 Å². The van der Waals surface area contributed by atoms with Gasteiger partial charge in [0, 0.05) is 37.2 Å². The van der Waals surface area contributed by atoms with Crippen molar-refractivity contribution in [3.8, 4) is 23.0 Å². The van der Waals surface area contributed by atoms with Gasteiger partial charge in [-0.15, -0.1) is 6.58 Å². The molecule has 1 saturated carbocycles. The smallest absolute Gasteiger partial charge is 0.417 e. The Labute approximate surface area is 409 Å². The van der Waals surface area contributed by atoms with E-state index in [1.165, 1.54) is 14.2 Å². The lowest BCUT2D eigenvalue weighted by Gasteiger charge is -2.59. The molecule has 6 unspecified atom stereocenters. The Morgan fingerprint density at radius 1 is 0.871 bits per heavy atom. The number of rotatable bonds is 21. The second kappa shape index (κ2) is 23.2. The molecule has 14 nitrogen and oxygen atoms in total. The minimum Gasteiger partial charge on any atom is -0.497 e. The molecule has 0 bridgehead atoms. The van der Waals surface area contributed by atoms with Gasteiger partial charge in [0.25, 0.3) is 0 Å². The van der Waals surface area contributed by atoms with Crippen molar-refractivity contribution in [2.75, 3.05) is 46.5 Å². The minimum atomic E-state index is -1.55. The van der Waals surface area contributed by atoms with Crippen LogP contribution in [0, 0.1) is 17.8 Å². The number of aliphatic hydroxyl groups is 2. The molecule has 3 aliphatic rings. The summed E-state index contributed by atoms with van der Waals surface area (Å²) in [4.78, 5) is 36.3. The van der Waals surface area contributed by atoms with Crippen LogP contribution in [-0.2, 0) is 27.5 Å². The summed E-state index contributed by atoms with van der Waals surface area (Å²) in [7, 11) is 4.43. The molecule has 14 heteroatoms. The summed E-state index contributed by atoms with van der Waals surface area (Å²) in [5.74, 6) is -0.913. The summed E-state index contributed by atoms with van der Waals surface area (Å²) < 4.78 is 37.1. The molecule has 8 rings (SSSR count). The van der Waals surface area contributed by atoms with Gasteiger partial charge in [0.1, 0.15) is 35.6 Å². The fourth-order valence-electron chi connectivity index (χ4n) is 10.6. The van der Waals surface area contributed by atoms with Crippen molar-refractivity contribution in [3.63, 3.8) is 0 Å². The fourth-order valence-corrected chi connectivity index (χ4v) is 10.6. The number of allylic oxidation sites excluding steroid dienone is 1. The second-order valence-electron chi connectivity index (χ2n) is 17.8. The van der Waals surface area contributed by atoms with Crippen LogP contribution in [0.3, 0.4) is 0 Å². The second-order valence-corrected chi connectivity index (χ2v) is 17.8. The van der Waals surface area contributed by atoms with E-state index >= 15 is 0 Å². The Morgan fingerprint density at radius 3 is 2.39 bits per heavy atom. The van der Waals surface area contributed by atoms with Crippen LogP contribution in [0.1, 0.15) is 67.6 Å². The summed E-state index contributed by atoms with van der Waals surface area (Å²) in [6.07, 6.45) is 7.00. The van der Waals surface area contributed by atoms with Gasteiger partial charge in [0.15, 0.2) is 0 Å². The number of unbranched alkanes of at least 4 members (excludes halogenated alkanes) is 2. The maximum absolute atomic E-state index is 14.6. The van der Waals surface area contributed by atoms with Crippen LogP contribution in [0.2, 0.25) is 0 Å². The molecule has 5 aromatic rings. The summed E-state index contributed by atoms with van der Waals surface area (Å²) in [5, 5.41) is 29.9. The van der Waals surface area contributed by atoms with Gasteiger partial charge in [-0.1, -0.05) is 103 Å². The SMILES string of the molecule is C=CCOC12Oc3ccc(OC(=O)Nc4ccc(OC)cc4OC)cc3C3C(CCCCO)C(CCCCO)C=C(C(=NOCc4ccccc4)CC1N(Cc1cccc4ccccc14)C(=O)OC)C32. The van der Waals surface area contributed by atoms with Gasteiger partial charge in [0.2, 0.25) is 5.79 Å². The zero-order valence-electron chi connectivity index (χ0n) is 40.1. The number of hydrogen-bond acceptors (Lipinski definition) is 12. The van der Waals surface area contributed by atoms with Gasteiger partial charge in [0.05, 0.1) is 51.8 Å². The van der Waals surface area contributed by atoms with Crippen molar-refractivity contribution in [1.29, 1.82) is 0 Å². The lowest BCUT2D eigenvalue weighted by Crippen LogP contribution is -2.70. The van der Waals surface area contributed by atoms with Gasteiger partial charge in [-0.3, -0.25) is 10.2 Å². The first-order valence-corrected chi connectivity index (χ1v) is 24.0. The number of ether oxygens (including phenoxy) is 6. The summed E-state index contributed by atoms with van der Waals surface area (Å²) in [5.41, 5.74) is 4.51. The third kappa shape index (κ3) is 10.6. The molecule has 2 aliphatic carbocycles. The Balaban J connectivity index is 1.30. The first-order valence-electron chi connectivity index (χ1n) is 24.0. The van der Waals surface area contributed by atoms with E-state index in [1.54, 1.807) is 48.4 Å². The van der Waals surface area contributed by atoms with Crippen LogP contribution in [0.25, 0.3) is 10.8 Å². The van der Waals surface area contributed by atoms with Crippen LogP contribution >= 0.6 is 0 Å². The van der Waals surface area contributed by atoms with E-state index in [9.17, 15) is 19.8 Å². The zero-order chi connectivity index (χ0) is 49.0. The van der Waals surface area contributed by atoms with Gasteiger partial charge in [-0.2, -0.15) is 0 Å². The topological polar surface area (TPSA) is 167 Å². The highest BCUT2D eigenvalue weighted by molar-refractivity contribution is 6.03. The number of nitrogens with zero attached hydrogens (tertiary/aromatic N) is 2. The zero-order valence-corrected chi connectivity index (χ0v) is 40.1. The van der Waals surface area contributed by atoms with E-state index < -0.39 is 29.9 Å². The minimum absolute atomic E-state index is 0.0248. The lowest BCUT2D eigenvalue weighted by atomic mass is 9.55. The average Bonchev–Trinajstić information content (AvgIpc) is 3.38. The molecule has 368 valence electrons. The summed E-state index contributed by atoms with van der Waals surface area (Å²) in [6.45, 7) is 4.58. The van der Waals surface area contributed by atoms with Crippen molar-refractivity contribution in [1.82, 2.24) is 4.90 Å². The predicted molar refractivity (Wildman–Crippen MR) is 267 cm³/mol. The van der Waals surface area contributed by atoms with Crippen LogP contribution in [0.4, 0.5) is 15.3 Å². The predicted octanol–water partition coefficient (Wildman–Crippen LogP) is 10.6. The molecule has 2 amide bonds. The first-order chi connectivity index (χ1) is 34.2. The number of anilines is 1. The lowest BCUT2D eigenvalue weighted by molar-refractivity contribution is -0.256. The third-order valence-corrected chi connectivity index (χ3v) is 13.8. The Hall–Kier alpha value is -6.87. The Morgan fingerprint density at radius 2 is 1.63 bits per heavy atom. The number of aliphatic hydroxyl groups excluding tert-OH is 2. The molecular formula is C56H63N3O11. The fraction of sp³-hybridized carbons (Fsp3) is 0.375. The quantitative estimate of drug-likeness (QED) is 0.0364. The highest BCUT2D eigenvalue weighted by Gasteiger charge is 2.65. The Bertz CT molecular complexity index is 2670. The van der Waals surface area contributed by atoms with Crippen molar-refractivity contribution in [2.24, 2.45) is 22.9 Å². The molecule has 3 N–H and O–H groups in total. The maximum Gasteiger partial charge on any atom is 0.417 e. The number of amides is 2. The van der Waals surface area contributed by atoms with Crippen molar-refractivity contribution in [3.05, 3.63) is 150 Å². The normalized spacial score (nSPS) is 21.6. The standard InChI is InChI=1S/C56H63N3O11/c1-5-30-67-56-51(59(55(63)66-4)35-40-21-15-20-38-18-9-10-22-43(38)40)34-48(58-68-36-37-16-7-6-8-17-37)45-31-39(19-11-13-28-60)44(23-12-14-29-61)52(53(45)56)46-32-42(25-27-49(46)70-56)69-54(62)57-47-26-24-41(64-2)33-50(47)65-3/h5-10,15-18,20-22,24-27,31-33,39,44,51-53,60-61H,1,11-14,19,23,28-30,34-36H2,2-4H3,(H,57,62). The number of hydrogen-bond donors (Lipinski definition) is 3. The van der Waals surface area contributed by atoms with Gasteiger partial charge >= 0.3 is 12.2 Å². The van der Waals surface area contributed by atoms with Crippen molar-refractivity contribution >= 4 is 34.4 Å². The molecule has 0 radical (unpaired) electrons. The molecule has 0 aromatic heterocycles. The summed E-state index contributed by atoms with van der Waals surface area (Å²) >= 11 is 0. The molecular weight excluding hydrogens is 891 g/mol. The number of nitrogens with one attached hydrogen (secondary N) is 1. The van der Waals surface area contributed by atoms with Crippen molar-refractivity contribution in [2.45, 2.75) is 75.8 Å². The average molecular weight is 954 g/mol. The van der Waals surface area contributed by atoms with E-state index in [1.807, 2.05) is 78.9 Å². The van der Waals surface area contributed by atoms with E-state index in [-0.39, 0.29) is 62.9 Å².